The fourth-order valence-corrected chi connectivity index (χ4v) is 5.47. The summed E-state index contributed by atoms with van der Waals surface area (Å²) >= 11 is 0. The van der Waals surface area contributed by atoms with Crippen molar-refractivity contribution in [1.29, 1.82) is 0 Å². The molecule has 2 N–H and O–H groups in total. The number of nitrogens with zero attached hydrogens (tertiary/aromatic N) is 4. The van der Waals surface area contributed by atoms with Crippen LogP contribution < -0.4 is 5.73 Å². The summed E-state index contributed by atoms with van der Waals surface area (Å²) in [5, 5.41) is 0.796. The van der Waals surface area contributed by atoms with Crippen LogP contribution in [-0.2, 0) is 10.0 Å². The van der Waals surface area contributed by atoms with Gasteiger partial charge in [-0.2, -0.15) is 0 Å². The van der Waals surface area contributed by atoms with E-state index in [1.54, 1.807) is 42.7 Å². The first kappa shape index (κ1) is 17.4. The van der Waals surface area contributed by atoms with Gasteiger partial charge in [-0.3, -0.25) is 0 Å². The van der Waals surface area contributed by atoms with Crippen LogP contribution in [0.5, 0.6) is 0 Å². The zero-order valence-corrected chi connectivity index (χ0v) is 16.1. The number of rotatable bonds is 3. The molecule has 0 atom stereocenters. The fraction of sp³-hybridized carbons (Fsp3) is 0.300. The summed E-state index contributed by atoms with van der Waals surface area (Å²) < 4.78 is 29.6. The first-order valence-corrected chi connectivity index (χ1v) is 10.9. The molecule has 0 amide bonds. The normalized spacial score (nSPS) is 20.8. The SMILES string of the molecule is NC1CCC(n2cnc3cnc4c(ccn4S(=O)(=O)c4ccccc4)c32)CC1. The summed E-state index contributed by atoms with van der Waals surface area (Å²) in [4.78, 5) is 9.16. The van der Waals surface area contributed by atoms with E-state index in [1.807, 2.05) is 12.4 Å². The van der Waals surface area contributed by atoms with Gasteiger partial charge in [0.25, 0.3) is 10.0 Å². The fourth-order valence-electron chi connectivity index (χ4n) is 4.14. The van der Waals surface area contributed by atoms with Gasteiger partial charge in [-0.15, -0.1) is 0 Å². The maximum atomic E-state index is 13.1. The van der Waals surface area contributed by atoms with Crippen molar-refractivity contribution in [3.63, 3.8) is 0 Å². The molecular formula is C20H21N5O2S. The van der Waals surface area contributed by atoms with Crippen LogP contribution in [-0.4, -0.2) is 33.0 Å². The molecule has 1 fully saturated rings. The van der Waals surface area contributed by atoms with E-state index >= 15 is 0 Å². The van der Waals surface area contributed by atoms with Gasteiger partial charge in [-0.1, -0.05) is 18.2 Å². The molecule has 28 heavy (non-hydrogen) atoms. The topological polar surface area (TPSA) is 95.8 Å². The van der Waals surface area contributed by atoms with Crippen LogP contribution in [0.15, 0.2) is 60.0 Å². The minimum Gasteiger partial charge on any atom is -0.328 e. The second kappa shape index (κ2) is 6.42. The van der Waals surface area contributed by atoms with Gasteiger partial charge in [0.2, 0.25) is 0 Å². The highest BCUT2D eigenvalue weighted by atomic mass is 32.2. The number of benzene rings is 1. The average molecular weight is 395 g/mol. The zero-order chi connectivity index (χ0) is 19.3. The van der Waals surface area contributed by atoms with E-state index in [0.29, 0.717) is 11.7 Å². The van der Waals surface area contributed by atoms with Crippen molar-refractivity contribution in [1.82, 2.24) is 18.5 Å². The molecule has 0 unspecified atom stereocenters. The Balaban J connectivity index is 1.67. The van der Waals surface area contributed by atoms with Crippen LogP contribution >= 0.6 is 0 Å². The van der Waals surface area contributed by atoms with E-state index in [2.05, 4.69) is 14.5 Å². The number of aromatic nitrogens is 4. The van der Waals surface area contributed by atoms with Crippen molar-refractivity contribution >= 4 is 32.1 Å². The Morgan fingerprint density at radius 2 is 1.75 bits per heavy atom. The second-order valence-corrected chi connectivity index (χ2v) is 9.19. The third-order valence-electron chi connectivity index (χ3n) is 5.65. The summed E-state index contributed by atoms with van der Waals surface area (Å²) in [5.41, 5.74) is 8.19. The Hall–Kier alpha value is -2.71. The molecule has 7 nitrogen and oxygen atoms in total. The maximum Gasteiger partial charge on any atom is 0.269 e. The first-order chi connectivity index (χ1) is 13.6. The van der Waals surface area contributed by atoms with Crippen LogP contribution in [0.2, 0.25) is 0 Å². The Morgan fingerprint density at radius 1 is 1.00 bits per heavy atom. The number of pyridine rings is 1. The van der Waals surface area contributed by atoms with Crippen LogP contribution in [0, 0.1) is 0 Å². The van der Waals surface area contributed by atoms with Gasteiger partial charge in [0.1, 0.15) is 5.52 Å². The van der Waals surface area contributed by atoms with Crippen molar-refractivity contribution in [2.45, 2.75) is 42.7 Å². The van der Waals surface area contributed by atoms with Crippen LogP contribution in [0.1, 0.15) is 31.7 Å². The molecule has 1 saturated carbocycles. The van der Waals surface area contributed by atoms with Crippen molar-refractivity contribution in [3.8, 4) is 0 Å². The molecule has 8 heteroatoms. The quantitative estimate of drug-likeness (QED) is 0.575. The number of imidazole rings is 1. The summed E-state index contributed by atoms with van der Waals surface area (Å²) in [5.74, 6) is 0. The molecule has 5 rings (SSSR count). The summed E-state index contributed by atoms with van der Waals surface area (Å²) in [7, 11) is -3.71. The van der Waals surface area contributed by atoms with Crippen molar-refractivity contribution in [2.24, 2.45) is 5.73 Å². The average Bonchev–Trinajstić information content (AvgIpc) is 3.33. The Kier molecular flexibility index (Phi) is 3.99. The number of hydrogen-bond acceptors (Lipinski definition) is 5. The number of nitrogens with two attached hydrogens (primary N) is 1. The van der Waals surface area contributed by atoms with E-state index in [1.165, 1.54) is 3.97 Å². The lowest BCUT2D eigenvalue weighted by molar-refractivity contribution is 0.329. The van der Waals surface area contributed by atoms with Crippen molar-refractivity contribution < 1.29 is 8.42 Å². The lowest BCUT2D eigenvalue weighted by Gasteiger charge is -2.27. The van der Waals surface area contributed by atoms with Crippen LogP contribution in [0.25, 0.3) is 22.1 Å². The smallest absolute Gasteiger partial charge is 0.269 e. The van der Waals surface area contributed by atoms with Crippen LogP contribution in [0.4, 0.5) is 0 Å². The van der Waals surface area contributed by atoms with Gasteiger partial charge < -0.3 is 10.3 Å². The maximum absolute atomic E-state index is 13.1. The lowest BCUT2D eigenvalue weighted by atomic mass is 9.91. The van der Waals surface area contributed by atoms with E-state index < -0.39 is 10.0 Å². The highest BCUT2D eigenvalue weighted by Gasteiger charge is 2.25. The second-order valence-electron chi connectivity index (χ2n) is 7.38. The largest absolute Gasteiger partial charge is 0.328 e. The summed E-state index contributed by atoms with van der Waals surface area (Å²) in [6.07, 6.45) is 9.05. The highest BCUT2D eigenvalue weighted by molar-refractivity contribution is 7.90. The van der Waals surface area contributed by atoms with Gasteiger partial charge in [-0.05, 0) is 43.9 Å². The molecule has 0 radical (unpaired) electrons. The Bertz CT molecular complexity index is 1250. The minimum absolute atomic E-state index is 0.240. The predicted octanol–water partition coefficient (Wildman–Crippen LogP) is 3.07. The van der Waals surface area contributed by atoms with Gasteiger partial charge in [0.05, 0.1) is 22.9 Å². The number of fused-ring (bicyclic) bond motifs is 3. The third kappa shape index (κ3) is 2.63. The van der Waals surface area contributed by atoms with E-state index in [4.69, 9.17) is 5.73 Å². The van der Waals surface area contributed by atoms with E-state index in [9.17, 15) is 8.42 Å². The first-order valence-electron chi connectivity index (χ1n) is 9.44. The highest BCUT2D eigenvalue weighted by Crippen LogP contribution is 2.33. The summed E-state index contributed by atoms with van der Waals surface area (Å²) in [6, 6.07) is 10.8. The molecule has 1 aliphatic rings. The Morgan fingerprint density at radius 3 is 2.50 bits per heavy atom. The molecule has 0 spiro atoms. The molecule has 144 valence electrons. The van der Waals surface area contributed by atoms with Crippen molar-refractivity contribution in [3.05, 3.63) is 55.1 Å². The van der Waals surface area contributed by atoms with Crippen LogP contribution in [0.3, 0.4) is 0 Å². The van der Waals surface area contributed by atoms with Crippen molar-refractivity contribution in [2.75, 3.05) is 0 Å². The predicted molar refractivity (Wildman–Crippen MR) is 108 cm³/mol. The molecule has 1 aromatic carbocycles. The van der Waals surface area contributed by atoms with E-state index in [-0.39, 0.29) is 10.9 Å². The zero-order valence-electron chi connectivity index (χ0n) is 15.3. The third-order valence-corrected chi connectivity index (χ3v) is 7.33. The molecule has 3 aromatic heterocycles. The van der Waals surface area contributed by atoms with Gasteiger partial charge >= 0.3 is 0 Å². The molecule has 0 aliphatic heterocycles. The molecular weight excluding hydrogens is 374 g/mol. The standard InChI is InChI=1S/C20H21N5O2S/c21-14-6-8-15(9-7-14)24-13-23-18-12-22-20-17(19(18)24)10-11-25(20)28(26,27)16-4-2-1-3-5-16/h1-5,10-15H,6-9,21H2. The molecule has 4 aromatic rings. The molecule has 0 bridgehead atoms. The van der Waals surface area contributed by atoms with Gasteiger partial charge in [-0.25, -0.2) is 22.4 Å². The molecule has 0 saturated heterocycles. The minimum atomic E-state index is -3.71. The monoisotopic (exact) mass is 395 g/mol. The van der Waals surface area contributed by atoms with Gasteiger partial charge in [0, 0.05) is 23.7 Å². The summed E-state index contributed by atoms with van der Waals surface area (Å²) in [6.45, 7) is 0. The molecule has 1 aliphatic carbocycles. The number of hydrogen-bond donors (Lipinski definition) is 1. The Labute approximate surface area is 162 Å². The molecule has 3 heterocycles. The van der Waals surface area contributed by atoms with Gasteiger partial charge in [0.15, 0.2) is 5.65 Å². The lowest BCUT2D eigenvalue weighted by Crippen LogP contribution is -2.27. The van der Waals surface area contributed by atoms with E-state index in [0.717, 1.165) is 42.1 Å².